The van der Waals surface area contributed by atoms with Crippen LogP contribution in [0.15, 0.2) is 27.4 Å². The molecule has 1 fully saturated rings. The van der Waals surface area contributed by atoms with E-state index in [0.29, 0.717) is 16.8 Å². The molecule has 3 rings (SSSR count). The number of carbonyl (C=O) groups is 1. The number of fused-ring (bicyclic) bond motifs is 1. The number of nitrogens with two attached hydrogens (primary N) is 1. The molecule has 108 valence electrons. The van der Waals surface area contributed by atoms with Crippen molar-refractivity contribution in [2.75, 3.05) is 5.32 Å². The number of anilines is 1. The summed E-state index contributed by atoms with van der Waals surface area (Å²) in [6.07, 6.45) is 2.72. The summed E-state index contributed by atoms with van der Waals surface area (Å²) in [6, 6.07) is 4.98. The predicted molar refractivity (Wildman–Crippen MR) is 78.0 cm³/mol. The van der Waals surface area contributed by atoms with Crippen molar-refractivity contribution in [1.82, 2.24) is 4.98 Å². The largest absolute Gasteiger partial charge is 0.417 e. The Morgan fingerprint density at radius 2 is 2.20 bits per heavy atom. The molecule has 1 amide bonds. The maximum Gasteiger partial charge on any atom is 0.417 e. The molecule has 1 heterocycles. The molecule has 0 saturated heterocycles. The van der Waals surface area contributed by atoms with E-state index in [2.05, 4.69) is 10.3 Å². The number of oxazole rings is 1. The fourth-order valence-corrected chi connectivity index (χ4v) is 2.58. The Kier molecular flexibility index (Phi) is 4.15. The van der Waals surface area contributed by atoms with Gasteiger partial charge >= 0.3 is 5.76 Å². The Labute approximate surface area is 121 Å². The molecule has 6 nitrogen and oxygen atoms in total. The summed E-state index contributed by atoms with van der Waals surface area (Å²) >= 11 is 0. The molecule has 0 bridgehead atoms. The average molecular weight is 298 g/mol. The van der Waals surface area contributed by atoms with Gasteiger partial charge in [-0.05, 0) is 31.0 Å². The van der Waals surface area contributed by atoms with E-state index in [-0.39, 0.29) is 30.3 Å². The van der Waals surface area contributed by atoms with Gasteiger partial charge < -0.3 is 15.5 Å². The molecule has 20 heavy (non-hydrogen) atoms. The van der Waals surface area contributed by atoms with Crippen LogP contribution in [0.2, 0.25) is 0 Å². The van der Waals surface area contributed by atoms with Crippen molar-refractivity contribution >= 4 is 35.1 Å². The number of amides is 1. The number of aromatic nitrogens is 1. The molecule has 0 radical (unpaired) electrons. The van der Waals surface area contributed by atoms with Crippen LogP contribution in [0.3, 0.4) is 0 Å². The van der Waals surface area contributed by atoms with Gasteiger partial charge in [0.2, 0.25) is 5.91 Å². The first-order valence-electron chi connectivity index (χ1n) is 6.33. The normalized spacial score (nSPS) is 21.6. The van der Waals surface area contributed by atoms with E-state index in [9.17, 15) is 9.59 Å². The summed E-state index contributed by atoms with van der Waals surface area (Å²) in [7, 11) is 0. The van der Waals surface area contributed by atoms with Crippen molar-refractivity contribution in [3.8, 4) is 0 Å². The van der Waals surface area contributed by atoms with Crippen LogP contribution in [0.25, 0.3) is 11.1 Å². The highest BCUT2D eigenvalue weighted by Gasteiger charge is 2.30. The predicted octanol–water partition coefficient (Wildman–Crippen LogP) is 1.61. The van der Waals surface area contributed by atoms with E-state index in [1.54, 1.807) is 18.2 Å². The quantitative estimate of drug-likeness (QED) is 0.783. The number of halogens is 1. The third-order valence-corrected chi connectivity index (χ3v) is 3.59. The number of aromatic amines is 1. The molecule has 2 unspecified atom stereocenters. The maximum atomic E-state index is 12.1. The molecule has 1 aliphatic carbocycles. The highest BCUT2D eigenvalue weighted by Crippen LogP contribution is 2.25. The van der Waals surface area contributed by atoms with Gasteiger partial charge in [0.1, 0.15) is 0 Å². The number of hydrogen-bond donors (Lipinski definition) is 3. The first-order valence-corrected chi connectivity index (χ1v) is 6.33. The SMILES string of the molecule is Cl.NC1CCCC1C(=O)Nc1ccc2oc(=O)[nH]c2c1. The average Bonchev–Trinajstić information content (AvgIpc) is 2.93. The van der Waals surface area contributed by atoms with Crippen LogP contribution < -0.4 is 16.8 Å². The number of nitrogens with one attached hydrogen (secondary N) is 2. The van der Waals surface area contributed by atoms with Crippen LogP contribution in [0.4, 0.5) is 5.69 Å². The van der Waals surface area contributed by atoms with Gasteiger partial charge in [-0.2, -0.15) is 0 Å². The summed E-state index contributed by atoms with van der Waals surface area (Å²) in [6.45, 7) is 0. The first-order chi connectivity index (χ1) is 9.13. The second-order valence-electron chi connectivity index (χ2n) is 4.92. The second-order valence-corrected chi connectivity index (χ2v) is 4.92. The van der Waals surface area contributed by atoms with Crippen LogP contribution in [0.1, 0.15) is 19.3 Å². The molecular formula is C13H16ClN3O3. The highest BCUT2D eigenvalue weighted by molar-refractivity contribution is 5.94. The monoisotopic (exact) mass is 297 g/mol. The molecule has 7 heteroatoms. The zero-order valence-electron chi connectivity index (χ0n) is 10.7. The smallest absolute Gasteiger partial charge is 0.408 e. The standard InChI is InChI=1S/C13H15N3O3.ClH/c14-9-3-1-2-8(9)12(17)15-7-4-5-11-10(6-7)16-13(18)19-11;/h4-6,8-9H,1-3,14H2,(H,15,17)(H,16,18);1H. The Hall–Kier alpha value is -1.79. The minimum Gasteiger partial charge on any atom is -0.408 e. The van der Waals surface area contributed by atoms with Crippen molar-refractivity contribution in [2.24, 2.45) is 11.7 Å². The van der Waals surface area contributed by atoms with Crippen molar-refractivity contribution < 1.29 is 9.21 Å². The van der Waals surface area contributed by atoms with E-state index in [0.717, 1.165) is 19.3 Å². The lowest BCUT2D eigenvalue weighted by molar-refractivity contribution is -0.120. The van der Waals surface area contributed by atoms with Gasteiger partial charge in [0.05, 0.1) is 11.4 Å². The Balaban J connectivity index is 0.00000147. The molecular weight excluding hydrogens is 282 g/mol. The van der Waals surface area contributed by atoms with Gasteiger partial charge in [0.15, 0.2) is 5.58 Å². The lowest BCUT2D eigenvalue weighted by Crippen LogP contribution is -2.34. The fourth-order valence-electron chi connectivity index (χ4n) is 2.58. The van der Waals surface area contributed by atoms with Crippen LogP contribution in [-0.4, -0.2) is 16.9 Å². The van der Waals surface area contributed by atoms with E-state index in [4.69, 9.17) is 10.2 Å². The van der Waals surface area contributed by atoms with Crippen molar-refractivity contribution in [3.05, 3.63) is 28.7 Å². The zero-order valence-corrected chi connectivity index (χ0v) is 11.5. The third kappa shape index (κ3) is 2.71. The Morgan fingerprint density at radius 1 is 1.40 bits per heavy atom. The summed E-state index contributed by atoms with van der Waals surface area (Å²) in [5.41, 5.74) is 7.58. The third-order valence-electron chi connectivity index (χ3n) is 3.59. The summed E-state index contributed by atoms with van der Waals surface area (Å²) < 4.78 is 4.90. The zero-order chi connectivity index (χ0) is 13.4. The summed E-state index contributed by atoms with van der Waals surface area (Å²) in [5, 5.41) is 2.83. The van der Waals surface area contributed by atoms with E-state index in [1.807, 2.05) is 0 Å². The van der Waals surface area contributed by atoms with Crippen LogP contribution >= 0.6 is 12.4 Å². The maximum absolute atomic E-state index is 12.1. The number of H-pyrrole nitrogens is 1. The Bertz CT molecular complexity index is 679. The van der Waals surface area contributed by atoms with Gasteiger partial charge in [-0.25, -0.2) is 4.79 Å². The van der Waals surface area contributed by atoms with Crippen molar-refractivity contribution in [2.45, 2.75) is 25.3 Å². The lowest BCUT2D eigenvalue weighted by Gasteiger charge is -2.14. The lowest BCUT2D eigenvalue weighted by atomic mass is 10.0. The van der Waals surface area contributed by atoms with E-state index >= 15 is 0 Å². The number of hydrogen-bond acceptors (Lipinski definition) is 4. The Morgan fingerprint density at radius 3 is 2.90 bits per heavy atom. The summed E-state index contributed by atoms with van der Waals surface area (Å²) in [5.74, 6) is -0.689. The minimum atomic E-state index is -0.503. The molecule has 1 aromatic carbocycles. The van der Waals surface area contributed by atoms with Crippen molar-refractivity contribution in [3.63, 3.8) is 0 Å². The molecule has 1 aliphatic rings. The van der Waals surface area contributed by atoms with Crippen LogP contribution in [0.5, 0.6) is 0 Å². The molecule has 4 N–H and O–H groups in total. The van der Waals surface area contributed by atoms with E-state index < -0.39 is 5.76 Å². The van der Waals surface area contributed by atoms with Gasteiger partial charge in [0.25, 0.3) is 0 Å². The van der Waals surface area contributed by atoms with Crippen molar-refractivity contribution in [1.29, 1.82) is 0 Å². The number of rotatable bonds is 2. The number of benzene rings is 1. The van der Waals surface area contributed by atoms with Gasteiger partial charge in [-0.3, -0.25) is 9.78 Å². The molecule has 0 spiro atoms. The highest BCUT2D eigenvalue weighted by atomic mass is 35.5. The fraction of sp³-hybridized carbons (Fsp3) is 0.385. The van der Waals surface area contributed by atoms with E-state index in [1.165, 1.54) is 0 Å². The second kappa shape index (κ2) is 5.68. The van der Waals surface area contributed by atoms with Gasteiger partial charge in [0, 0.05) is 11.7 Å². The van der Waals surface area contributed by atoms with Gasteiger partial charge in [-0.1, -0.05) is 6.42 Å². The summed E-state index contributed by atoms with van der Waals surface area (Å²) in [4.78, 5) is 25.7. The molecule has 1 saturated carbocycles. The van der Waals surface area contributed by atoms with Crippen LogP contribution in [-0.2, 0) is 4.79 Å². The number of carbonyl (C=O) groups excluding carboxylic acids is 1. The minimum absolute atomic E-state index is 0. The molecule has 1 aromatic heterocycles. The van der Waals surface area contributed by atoms with Crippen LogP contribution in [0, 0.1) is 5.92 Å². The van der Waals surface area contributed by atoms with Gasteiger partial charge in [-0.15, -0.1) is 12.4 Å². The molecule has 2 atom stereocenters. The molecule has 2 aromatic rings. The first kappa shape index (κ1) is 14.6. The molecule has 0 aliphatic heterocycles. The topological polar surface area (TPSA) is 101 Å².